The van der Waals surface area contributed by atoms with Gasteiger partial charge < -0.3 is 24.8 Å². The second-order valence-corrected chi connectivity index (χ2v) is 14.7. The van der Waals surface area contributed by atoms with Crippen molar-refractivity contribution in [2.24, 2.45) is 5.92 Å². The fourth-order valence-corrected chi connectivity index (χ4v) is 9.06. The molecular formula is C33H33ClF5N7O3. The van der Waals surface area contributed by atoms with Gasteiger partial charge in [-0.2, -0.15) is 28.4 Å². The molecule has 6 heterocycles. The van der Waals surface area contributed by atoms with Crippen LogP contribution in [-0.4, -0.2) is 82.7 Å². The van der Waals surface area contributed by atoms with E-state index in [0.717, 1.165) is 25.1 Å². The van der Waals surface area contributed by atoms with Crippen molar-refractivity contribution >= 4 is 34.0 Å². The first-order valence-corrected chi connectivity index (χ1v) is 16.6. The van der Waals surface area contributed by atoms with E-state index in [0.29, 0.717) is 51.9 Å². The van der Waals surface area contributed by atoms with E-state index in [1.807, 2.05) is 4.90 Å². The number of nitrogen functional groups attached to an aromatic ring is 1. The second kappa shape index (κ2) is 11.1. The van der Waals surface area contributed by atoms with Crippen LogP contribution in [0.3, 0.4) is 0 Å². The van der Waals surface area contributed by atoms with Gasteiger partial charge in [-0.25, -0.2) is 13.8 Å². The number of aromatic nitrogens is 3. The van der Waals surface area contributed by atoms with Gasteiger partial charge in [-0.15, -0.1) is 0 Å². The molecule has 2 spiro atoms. The van der Waals surface area contributed by atoms with Crippen LogP contribution in [0.15, 0.2) is 12.1 Å². The van der Waals surface area contributed by atoms with E-state index in [1.165, 1.54) is 0 Å². The summed E-state index contributed by atoms with van der Waals surface area (Å²) in [5.41, 5.74) is 0.693. The van der Waals surface area contributed by atoms with Crippen LogP contribution in [0.2, 0.25) is 5.02 Å². The monoisotopic (exact) mass is 705 g/mol. The van der Waals surface area contributed by atoms with Gasteiger partial charge in [-0.3, -0.25) is 4.90 Å². The van der Waals surface area contributed by atoms with Crippen LogP contribution in [0, 0.1) is 23.1 Å². The summed E-state index contributed by atoms with van der Waals surface area (Å²) in [5, 5.41) is 8.68. The Morgan fingerprint density at radius 1 is 1.18 bits per heavy atom. The number of alkyl halides is 4. The van der Waals surface area contributed by atoms with Gasteiger partial charge in [0.15, 0.2) is 5.82 Å². The Kier molecular flexibility index (Phi) is 7.38. The maximum Gasteiger partial charge on any atom is 0.418 e. The third-order valence-corrected chi connectivity index (χ3v) is 11.3. The van der Waals surface area contributed by atoms with Gasteiger partial charge in [-0.05, 0) is 50.3 Å². The van der Waals surface area contributed by atoms with Crippen molar-refractivity contribution in [3.63, 3.8) is 0 Å². The van der Waals surface area contributed by atoms with Crippen molar-refractivity contribution < 1.29 is 36.2 Å². The Hall–Kier alpha value is -3.74. The lowest BCUT2D eigenvalue weighted by Gasteiger charge is -2.57. The normalized spacial score (nSPS) is 28.8. The number of hydrogen-bond donors (Lipinski definition) is 1. The van der Waals surface area contributed by atoms with Gasteiger partial charge in [-0.1, -0.05) is 11.6 Å². The summed E-state index contributed by atoms with van der Waals surface area (Å²) in [5.74, 6) is -1.09. The number of hydrogen-bond acceptors (Lipinski definition) is 10. The van der Waals surface area contributed by atoms with Gasteiger partial charge >= 0.3 is 12.2 Å². The van der Waals surface area contributed by atoms with Crippen LogP contribution < -0.4 is 20.1 Å². The zero-order valence-electron chi connectivity index (χ0n) is 26.5. The zero-order chi connectivity index (χ0) is 34.5. The Labute approximate surface area is 283 Å². The Bertz CT molecular complexity index is 1900. The fourth-order valence-electron chi connectivity index (χ4n) is 8.72. The maximum absolute atomic E-state index is 16.9. The number of halogens is 6. The molecule has 0 radical (unpaired) electrons. The van der Waals surface area contributed by atoms with Crippen molar-refractivity contribution in [3.05, 3.63) is 28.5 Å². The third kappa shape index (κ3) is 5.12. The quantitative estimate of drug-likeness (QED) is 0.247. The molecule has 260 valence electrons. The van der Waals surface area contributed by atoms with Crippen LogP contribution in [-0.2, 0) is 10.9 Å². The molecule has 2 atom stereocenters. The van der Waals surface area contributed by atoms with Gasteiger partial charge in [0.25, 0.3) is 0 Å². The lowest BCUT2D eigenvalue weighted by atomic mass is 9.63. The van der Waals surface area contributed by atoms with E-state index >= 15 is 4.39 Å². The number of nitrogens with two attached hydrogens (primary N) is 1. The Morgan fingerprint density at radius 3 is 2.65 bits per heavy atom. The molecule has 1 aliphatic carbocycles. The van der Waals surface area contributed by atoms with Crippen molar-refractivity contribution in [1.29, 1.82) is 5.26 Å². The van der Waals surface area contributed by atoms with E-state index in [-0.39, 0.29) is 53.2 Å². The highest BCUT2D eigenvalue weighted by Gasteiger charge is 2.58. The topological polar surface area (TPSA) is 123 Å². The van der Waals surface area contributed by atoms with Crippen LogP contribution >= 0.6 is 11.6 Å². The average molecular weight is 706 g/mol. The lowest BCUT2D eigenvalue weighted by Crippen LogP contribution is -2.68. The number of nitrogens with zero attached hydrogens (tertiary/aromatic N) is 6. The fraction of sp³-hybridized carbons (Fsp3) is 0.576. The molecule has 1 saturated carbocycles. The first-order chi connectivity index (χ1) is 23.3. The van der Waals surface area contributed by atoms with Gasteiger partial charge in [0.05, 0.1) is 40.9 Å². The molecule has 8 rings (SSSR count). The number of nitriles is 1. The predicted octanol–water partition coefficient (Wildman–Crippen LogP) is 6.09. The molecule has 10 nitrogen and oxygen atoms in total. The molecule has 2 aromatic heterocycles. The SMILES string of the molecule is CN1c2nc(OC[C@@]34CCCN3C[C@H](F)C4)nc3c(F)c(-c4cc(N)cc(Cl)c4C(F)(F)F)nc(c23)OC2(CC(CC#N)C2)CC12COC2. The molecule has 49 heavy (non-hydrogen) atoms. The summed E-state index contributed by atoms with van der Waals surface area (Å²) >= 11 is 6.07. The van der Waals surface area contributed by atoms with Crippen molar-refractivity contribution in [2.45, 2.75) is 74.0 Å². The number of anilines is 2. The van der Waals surface area contributed by atoms with Gasteiger partial charge in [0.2, 0.25) is 5.88 Å². The molecule has 3 aromatic rings. The van der Waals surface area contributed by atoms with E-state index < -0.39 is 56.7 Å². The molecular weight excluding hydrogens is 673 g/mol. The molecule has 4 aliphatic heterocycles. The van der Waals surface area contributed by atoms with Crippen LogP contribution in [0.4, 0.5) is 33.5 Å². The number of benzene rings is 1. The second-order valence-electron chi connectivity index (χ2n) is 14.3. The molecule has 1 aromatic carbocycles. The van der Waals surface area contributed by atoms with Crippen molar-refractivity contribution in [1.82, 2.24) is 19.9 Å². The van der Waals surface area contributed by atoms with E-state index in [1.54, 1.807) is 7.05 Å². The molecule has 0 amide bonds. The lowest BCUT2D eigenvalue weighted by molar-refractivity contribution is -0.137. The van der Waals surface area contributed by atoms with Crippen LogP contribution in [0.25, 0.3) is 22.2 Å². The van der Waals surface area contributed by atoms with Crippen LogP contribution in [0.5, 0.6) is 11.9 Å². The summed E-state index contributed by atoms with van der Waals surface area (Å²) in [7, 11) is 1.79. The number of ether oxygens (including phenoxy) is 3. The highest BCUT2D eigenvalue weighted by Crippen LogP contribution is 2.54. The standard InChI is InChI=1S/C33H33ClF5N7O3/c1-45-27-22-26(43-29(44-27)48-16-30-4-2-6-46(30)12-18(35)11-30)24(36)25(20-7-19(41)8-21(34)23(20)33(37,38)39)42-28(22)49-32(9-17(10-32)3-5-40)13-31(45)14-47-15-31/h7-8,17-18H,2-4,6,9-16,41H2,1H3/t17?,18-,30+,32?/m1/s1. The summed E-state index contributed by atoms with van der Waals surface area (Å²) in [6, 6.07) is 3.89. The van der Waals surface area contributed by atoms with Gasteiger partial charge in [0.1, 0.15) is 40.8 Å². The summed E-state index contributed by atoms with van der Waals surface area (Å²) in [6.45, 7) is 1.70. The minimum atomic E-state index is -4.99. The number of rotatable bonds is 5. The molecule has 0 unspecified atom stereocenters. The smallest absolute Gasteiger partial charge is 0.418 e. The van der Waals surface area contributed by atoms with E-state index in [4.69, 9.17) is 36.5 Å². The minimum Gasteiger partial charge on any atom is -0.470 e. The molecule has 2 N–H and O–H groups in total. The summed E-state index contributed by atoms with van der Waals surface area (Å²) in [4.78, 5) is 17.5. The molecule has 16 heteroatoms. The Balaban J connectivity index is 1.33. The molecule has 3 saturated heterocycles. The first kappa shape index (κ1) is 32.5. The van der Waals surface area contributed by atoms with Crippen LogP contribution in [0.1, 0.15) is 50.5 Å². The minimum absolute atomic E-state index is 0.0354. The highest BCUT2D eigenvalue weighted by molar-refractivity contribution is 6.32. The van der Waals surface area contributed by atoms with E-state index in [2.05, 4.69) is 20.9 Å². The highest BCUT2D eigenvalue weighted by atomic mass is 35.5. The first-order valence-electron chi connectivity index (χ1n) is 16.2. The number of pyridine rings is 1. The van der Waals surface area contributed by atoms with Crippen molar-refractivity contribution in [2.75, 3.05) is 50.6 Å². The molecule has 0 bridgehead atoms. The predicted molar refractivity (Wildman–Crippen MR) is 169 cm³/mol. The van der Waals surface area contributed by atoms with E-state index in [9.17, 15) is 22.8 Å². The average Bonchev–Trinajstić information content (AvgIpc) is 3.51. The maximum atomic E-state index is 16.9. The number of likely N-dealkylation sites (N-methyl/N-ethyl adjacent to an activating group) is 1. The Morgan fingerprint density at radius 2 is 1.96 bits per heavy atom. The molecule has 4 fully saturated rings. The number of fused-ring (bicyclic) bond motifs is 1. The summed E-state index contributed by atoms with van der Waals surface area (Å²) in [6.07, 6.45) is -2.44. The third-order valence-electron chi connectivity index (χ3n) is 11.0. The largest absolute Gasteiger partial charge is 0.470 e. The summed E-state index contributed by atoms with van der Waals surface area (Å²) < 4.78 is 93.3. The molecule has 5 aliphatic rings. The zero-order valence-corrected chi connectivity index (χ0v) is 27.3. The van der Waals surface area contributed by atoms with Gasteiger partial charge in [0, 0.05) is 44.1 Å². The van der Waals surface area contributed by atoms with Crippen molar-refractivity contribution in [3.8, 4) is 29.2 Å².